The molecule has 0 aliphatic carbocycles. The number of nitrogens with one attached hydrogen (secondary N) is 2. The number of hydrogen-bond donors (Lipinski definition) is 2. The Morgan fingerprint density at radius 3 is 2.62 bits per heavy atom. The SMILES string of the molecule is O=C(NCc1cccc(I)c1)c1ccncc1Nc1ccc(I)cc1F. The van der Waals surface area contributed by atoms with Gasteiger partial charge in [-0.25, -0.2) is 4.39 Å². The molecule has 0 aliphatic rings. The van der Waals surface area contributed by atoms with Gasteiger partial charge in [0, 0.05) is 19.9 Å². The van der Waals surface area contributed by atoms with E-state index in [1.807, 2.05) is 46.9 Å². The summed E-state index contributed by atoms with van der Waals surface area (Å²) in [5, 5.41) is 5.84. The van der Waals surface area contributed by atoms with Crippen LogP contribution in [-0.4, -0.2) is 10.9 Å². The van der Waals surface area contributed by atoms with E-state index in [4.69, 9.17) is 0 Å². The minimum absolute atomic E-state index is 0.250. The number of aromatic nitrogens is 1. The van der Waals surface area contributed by atoms with E-state index in [1.165, 1.54) is 18.5 Å². The third kappa shape index (κ3) is 4.91. The first kappa shape index (κ1) is 19.0. The largest absolute Gasteiger partial charge is 0.351 e. The predicted octanol–water partition coefficient (Wildman–Crippen LogP) is 5.10. The minimum atomic E-state index is -0.383. The molecule has 0 spiro atoms. The van der Waals surface area contributed by atoms with Gasteiger partial charge in [-0.05, 0) is 87.1 Å². The summed E-state index contributed by atoms with van der Waals surface area (Å²) in [5.41, 5.74) is 2.17. The number of rotatable bonds is 5. The number of carbonyl (C=O) groups excluding carboxylic acids is 1. The zero-order chi connectivity index (χ0) is 18.5. The van der Waals surface area contributed by atoms with Crippen LogP contribution in [0, 0.1) is 13.0 Å². The molecule has 1 aromatic heterocycles. The topological polar surface area (TPSA) is 54.0 Å². The van der Waals surface area contributed by atoms with Gasteiger partial charge in [0.2, 0.25) is 0 Å². The van der Waals surface area contributed by atoms with E-state index in [9.17, 15) is 9.18 Å². The van der Waals surface area contributed by atoms with Crippen LogP contribution in [0.2, 0.25) is 0 Å². The minimum Gasteiger partial charge on any atom is -0.351 e. The lowest BCUT2D eigenvalue weighted by Crippen LogP contribution is -2.23. The Morgan fingerprint density at radius 2 is 1.85 bits per heavy atom. The summed E-state index contributed by atoms with van der Waals surface area (Å²) in [4.78, 5) is 16.6. The summed E-state index contributed by atoms with van der Waals surface area (Å²) in [7, 11) is 0. The standard InChI is InChI=1S/C19H14FI2N3O/c20-16-9-14(22)4-5-17(16)25-18-11-23-7-6-15(18)19(26)24-10-12-2-1-3-13(21)8-12/h1-9,11,25H,10H2,(H,24,26). The van der Waals surface area contributed by atoms with Crippen molar-refractivity contribution in [1.82, 2.24) is 10.3 Å². The van der Waals surface area contributed by atoms with E-state index in [2.05, 4.69) is 38.2 Å². The van der Waals surface area contributed by atoms with Crippen LogP contribution in [0.25, 0.3) is 0 Å². The fourth-order valence-electron chi connectivity index (χ4n) is 2.35. The summed E-state index contributed by atoms with van der Waals surface area (Å²) >= 11 is 4.27. The van der Waals surface area contributed by atoms with Crippen LogP contribution >= 0.6 is 45.2 Å². The maximum absolute atomic E-state index is 14.1. The van der Waals surface area contributed by atoms with Crippen molar-refractivity contribution in [3.05, 3.63) is 85.0 Å². The molecule has 0 fully saturated rings. The Bertz CT molecular complexity index is 950. The summed E-state index contributed by atoms with van der Waals surface area (Å²) < 4.78 is 16.0. The molecule has 1 amide bonds. The molecular formula is C19H14FI2N3O. The second kappa shape index (κ2) is 8.76. The Hall–Kier alpha value is -1.75. The molecule has 0 aliphatic heterocycles. The van der Waals surface area contributed by atoms with Crippen molar-refractivity contribution in [2.24, 2.45) is 0 Å². The monoisotopic (exact) mass is 573 g/mol. The van der Waals surface area contributed by atoms with Gasteiger partial charge < -0.3 is 10.6 Å². The fraction of sp³-hybridized carbons (Fsp3) is 0.0526. The van der Waals surface area contributed by atoms with E-state index < -0.39 is 0 Å². The first-order valence-electron chi connectivity index (χ1n) is 7.71. The van der Waals surface area contributed by atoms with E-state index in [0.29, 0.717) is 23.5 Å². The molecule has 3 rings (SSSR count). The van der Waals surface area contributed by atoms with E-state index in [1.54, 1.807) is 18.2 Å². The van der Waals surface area contributed by atoms with Crippen molar-refractivity contribution in [3.63, 3.8) is 0 Å². The first-order valence-corrected chi connectivity index (χ1v) is 9.87. The molecule has 4 nitrogen and oxygen atoms in total. The number of carbonyl (C=O) groups is 1. The van der Waals surface area contributed by atoms with Gasteiger partial charge in [0.15, 0.2) is 0 Å². The van der Waals surface area contributed by atoms with Gasteiger partial charge in [0.05, 0.1) is 23.1 Å². The third-order valence-electron chi connectivity index (χ3n) is 3.61. The molecule has 1 heterocycles. The van der Waals surface area contributed by atoms with Gasteiger partial charge in [-0.3, -0.25) is 9.78 Å². The average molecular weight is 573 g/mol. The fourth-order valence-corrected chi connectivity index (χ4v) is 3.41. The lowest BCUT2D eigenvalue weighted by atomic mass is 10.2. The van der Waals surface area contributed by atoms with Crippen LogP contribution in [0.1, 0.15) is 15.9 Å². The van der Waals surface area contributed by atoms with E-state index in [-0.39, 0.29) is 11.7 Å². The molecule has 0 saturated heterocycles. The van der Waals surface area contributed by atoms with Crippen molar-refractivity contribution < 1.29 is 9.18 Å². The number of nitrogens with zero attached hydrogens (tertiary/aromatic N) is 1. The molecule has 0 atom stereocenters. The lowest BCUT2D eigenvalue weighted by molar-refractivity contribution is 0.0951. The van der Waals surface area contributed by atoms with Crippen LogP contribution in [-0.2, 0) is 6.54 Å². The Balaban J connectivity index is 1.76. The lowest BCUT2D eigenvalue weighted by Gasteiger charge is -2.13. The first-order chi connectivity index (χ1) is 12.5. The summed E-state index contributed by atoms with van der Waals surface area (Å²) in [6.45, 7) is 0.412. The smallest absolute Gasteiger partial charge is 0.253 e. The highest BCUT2D eigenvalue weighted by Crippen LogP contribution is 2.24. The third-order valence-corrected chi connectivity index (χ3v) is 4.95. The maximum atomic E-state index is 14.1. The summed E-state index contributed by atoms with van der Waals surface area (Å²) in [6.07, 6.45) is 3.05. The number of pyridine rings is 1. The Labute approximate surface area is 177 Å². The summed E-state index contributed by atoms with van der Waals surface area (Å²) in [5.74, 6) is -0.634. The van der Waals surface area contributed by atoms with Gasteiger partial charge in [0.25, 0.3) is 5.91 Å². The van der Waals surface area contributed by atoms with E-state index in [0.717, 1.165) is 12.7 Å². The van der Waals surface area contributed by atoms with Crippen LogP contribution in [0.15, 0.2) is 60.9 Å². The zero-order valence-corrected chi connectivity index (χ0v) is 17.8. The molecular weight excluding hydrogens is 559 g/mol. The number of amides is 1. The van der Waals surface area contributed by atoms with Crippen molar-refractivity contribution in [2.75, 3.05) is 5.32 Å². The van der Waals surface area contributed by atoms with Gasteiger partial charge in [0.1, 0.15) is 5.82 Å². The van der Waals surface area contributed by atoms with Crippen LogP contribution in [0.3, 0.4) is 0 Å². The molecule has 7 heteroatoms. The second-order valence-electron chi connectivity index (χ2n) is 5.48. The number of halogens is 3. The molecule has 0 bridgehead atoms. The van der Waals surface area contributed by atoms with Crippen molar-refractivity contribution in [3.8, 4) is 0 Å². The molecule has 132 valence electrons. The van der Waals surface area contributed by atoms with Crippen LogP contribution in [0.4, 0.5) is 15.8 Å². The number of benzene rings is 2. The molecule has 2 aromatic carbocycles. The molecule has 2 N–H and O–H groups in total. The highest BCUT2D eigenvalue weighted by molar-refractivity contribution is 14.1. The molecule has 0 saturated carbocycles. The van der Waals surface area contributed by atoms with Crippen LogP contribution < -0.4 is 10.6 Å². The maximum Gasteiger partial charge on any atom is 0.253 e. The van der Waals surface area contributed by atoms with Gasteiger partial charge in [-0.2, -0.15) is 0 Å². The van der Waals surface area contributed by atoms with Gasteiger partial charge in [-0.1, -0.05) is 12.1 Å². The highest BCUT2D eigenvalue weighted by Gasteiger charge is 2.13. The summed E-state index contributed by atoms with van der Waals surface area (Å²) in [6, 6.07) is 14.4. The molecule has 26 heavy (non-hydrogen) atoms. The average Bonchev–Trinajstić information content (AvgIpc) is 2.62. The number of anilines is 2. The molecule has 3 aromatic rings. The van der Waals surface area contributed by atoms with Crippen LogP contribution in [0.5, 0.6) is 0 Å². The normalized spacial score (nSPS) is 10.4. The highest BCUT2D eigenvalue weighted by atomic mass is 127. The van der Waals surface area contributed by atoms with Crippen molar-refractivity contribution in [1.29, 1.82) is 0 Å². The Kier molecular flexibility index (Phi) is 6.41. The van der Waals surface area contributed by atoms with E-state index >= 15 is 0 Å². The van der Waals surface area contributed by atoms with Crippen molar-refractivity contribution in [2.45, 2.75) is 6.54 Å². The quantitative estimate of drug-likeness (QED) is 0.418. The predicted molar refractivity (Wildman–Crippen MR) is 117 cm³/mol. The Morgan fingerprint density at radius 1 is 1.04 bits per heavy atom. The number of hydrogen-bond acceptors (Lipinski definition) is 3. The van der Waals surface area contributed by atoms with Gasteiger partial charge in [-0.15, -0.1) is 0 Å². The molecule has 0 unspecified atom stereocenters. The molecule has 0 radical (unpaired) electrons. The second-order valence-corrected chi connectivity index (χ2v) is 7.97. The zero-order valence-electron chi connectivity index (χ0n) is 13.5. The van der Waals surface area contributed by atoms with Crippen molar-refractivity contribution >= 4 is 62.5 Å². The van der Waals surface area contributed by atoms with Gasteiger partial charge >= 0.3 is 0 Å².